The molecule has 1 aliphatic carbocycles. The molecule has 1 aromatic rings. The summed E-state index contributed by atoms with van der Waals surface area (Å²) in [6.45, 7) is 5.41. The fourth-order valence-electron chi connectivity index (χ4n) is 3.49. The summed E-state index contributed by atoms with van der Waals surface area (Å²) < 4.78 is 13.5. The summed E-state index contributed by atoms with van der Waals surface area (Å²) in [5.41, 5.74) is 1.29. The quantitative estimate of drug-likeness (QED) is 0.831. The summed E-state index contributed by atoms with van der Waals surface area (Å²) in [5.74, 6) is -0.231. The minimum Gasteiger partial charge on any atom is -0.309 e. The average molecular weight is 264 g/mol. The van der Waals surface area contributed by atoms with E-state index in [1.165, 1.54) is 31.9 Å². The largest absolute Gasteiger partial charge is 0.309 e. The van der Waals surface area contributed by atoms with E-state index in [4.69, 9.17) is 0 Å². The lowest BCUT2D eigenvalue weighted by Gasteiger charge is -2.38. The van der Waals surface area contributed by atoms with Crippen LogP contribution in [0.4, 0.5) is 4.39 Å². The molecule has 1 fully saturated rings. The van der Waals surface area contributed by atoms with Crippen LogP contribution in [0.25, 0.3) is 0 Å². The van der Waals surface area contributed by atoms with Gasteiger partial charge in [-0.1, -0.05) is 26.7 Å². The van der Waals surface area contributed by atoms with Crippen molar-refractivity contribution in [3.63, 3.8) is 0 Å². The SMILES string of the molecule is CCCNC(c1cncc(F)c1)C1(CC)CCCC1. The number of nitrogens with one attached hydrogen (secondary N) is 1. The Bertz CT molecular complexity index is 399. The maximum absolute atomic E-state index is 13.5. The van der Waals surface area contributed by atoms with Crippen molar-refractivity contribution in [2.45, 2.75) is 58.4 Å². The Morgan fingerprint density at radius 2 is 2.05 bits per heavy atom. The minimum atomic E-state index is -0.231. The standard InChI is InChI=1S/C16H25FN2/c1-3-9-19-15(13-10-14(17)12-18-11-13)16(4-2)7-5-6-8-16/h10-12,15,19H,3-9H2,1-2H3. The first kappa shape index (κ1) is 14.4. The second-order valence-corrected chi connectivity index (χ2v) is 5.75. The zero-order chi connectivity index (χ0) is 13.7. The molecule has 3 heteroatoms. The van der Waals surface area contributed by atoms with Crippen LogP contribution in [-0.2, 0) is 0 Å². The van der Waals surface area contributed by atoms with Crippen molar-refractivity contribution in [2.24, 2.45) is 5.41 Å². The highest BCUT2D eigenvalue weighted by Gasteiger charge is 2.40. The van der Waals surface area contributed by atoms with E-state index in [1.807, 2.05) is 6.20 Å². The van der Waals surface area contributed by atoms with E-state index in [-0.39, 0.29) is 17.3 Å². The first-order valence-corrected chi connectivity index (χ1v) is 7.55. The molecule has 0 amide bonds. The Hall–Kier alpha value is -0.960. The number of pyridine rings is 1. The Labute approximate surface area is 115 Å². The summed E-state index contributed by atoms with van der Waals surface area (Å²) >= 11 is 0. The number of nitrogens with zero attached hydrogens (tertiary/aromatic N) is 1. The third kappa shape index (κ3) is 3.14. The lowest BCUT2D eigenvalue weighted by Crippen LogP contribution is -2.36. The molecule has 0 spiro atoms. The van der Waals surface area contributed by atoms with Gasteiger partial charge in [0.2, 0.25) is 0 Å². The van der Waals surface area contributed by atoms with E-state index in [1.54, 1.807) is 6.07 Å². The Morgan fingerprint density at radius 3 is 2.63 bits per heavy atom. The van der Waals surface area contributed by atoms with Gasteiger partial charge in [0.1, 0.15) is 5.82 Å². The van der Waals surface area contributed by atoms with Gasteiger partial charge in [-0.15, -0.1) is 0 Å². The predicted molar refractivity (Wildman–Crippen MR) is 76.4 cm³/mol. The van der Waals surface area contributed by atoms with E-state index in [0.29, 0.717) is 0 Å². The molecular weight excluding hydrogens is 239 g/mol. The van der Waals surface area contributed by atoms with Crippen LogP contribution in [0, 0.1) is 11.2 Å². The van der Waals surface area contributed by atoms with Crippen molar-refractivity contribution in [2.75, 3.05) is 6.54 Å². The molecule has 106 valence electrons. The van der Waals surface area contributed by atoms with Gasteiger partial charge in [0, 0.05) is 12.2 Å². The van der Waals surface area contributed by atoms with Crippen LogP contribution in [0.5, 0.6) is 0 Å². The summed E-state index contributed by atoms with van der Waals surface area (Å²) in [5, 5.41) is 3.64. The number of aromatic nitrogens is 1. The second kappa shape index (κ2) is 6.47. The van der Waals surface area contributed by atoms with Gasteiger partial charge in [-0.3, -0.25) is 4.98 Å². The van der Waals surface area contributed by atoms with Gasteiger partial charge < -0.3 is 5.32 Å². The zero-order valence-electron chi connectivity index (χ0n) is 12.1. The van der Waals surface area contributed by atoms with Crippen molar-refractivity contribution >= 4 is 0 Å². The molecule has 19 heavy (non-hydrogen) atoms. The van der Waals surface area contributed by atoms with Crippen LogP contribution in [0.1, 0.15) is 64.0 Å². The van der Waals surface area contributed by atoms with E-state index in [9.17, 15) is 4.39 Å². The van der Waals surface area contributed by atoms with E-state index in [2.05, 4.69) is 24.1 Å². The molecule has 0 aliphatic heterocycles. The van der Waals surface area contributed by atoms with E-state index < -0.39 is 0 Å². The van der Waals surface area contributed by atoms with Gasteiger partial charge in [-0.2, -0.15) is 0 Å². The monoisotopic (exact) mass is 264 g/mol. The van der Waals surface area contributed by atoms with Gasteiger partial charge in [0.15, 0.2) is 0 Å². The topological polar surface area (TPSA) is 24.9 Å². The van der Waals surface area contributed by atoms with Crippen molar-refractivity contribution in [3.8, 4) is 0 Å². The first-order chi connectivity index (χ1) is 9.22. The van der Waals surface area contributed by atoms with Gasteiger partial charge in [0.05, 0.1) is 6.20 Å². The predicted octanol–water partition coefficient (Wildman–Crippen LogP) is 4.23. The van der Waals surface area contributed by atoms with Gasteiger partial charge >= 0.3 is 0 Å². The smallest absolute Gasteiger partial charge is 0.141 e. The average Bonchev–Trinajstić information content (AvgIpc) is 2.89. The summed E-state index contributed by atoms with van der Waals surface area (Å²) in [6.07, 6.45) is 10.4. The number of hydrogen-bond donors (Lipinski definition) is 1. The highest BCUT2D eigenvalue weighted by Crippen LogP contribution is 2.49. The highest BCUT2D eigenvalue weighted by molar-refractivity contribution is 5.19. The Kier molecular flexibility index (Phi) is 4.92. The highest BCUT2D eigenvalue weighted by atomic mass is 19.1. The van der Waals surface area contributed by atoms with Crippen LogP contribution in [0.15, 0.2) is 18.5 Å². The van der Waals surface area contributed by atoms with Crippen molar-refractivity contribution in [1.82, 2.24) is 10.3 Å². The van der Waals surface area contributed by atoms with Crippen molar-refractivity contribution in [3.05, 3.63) is 29.8 Å². The summed E-state index contributed by atoms with van der Waals surface area (Å²) in [7, 11) is 0. The molecule has 1 heterocycles. The fourth-order valence-corrected chi connectivity index (χ4v) is 3.49. The summed E-state index contributed by atoms with van der Waals surface area (Å²) in [4.78, 5) is 4.03. The molecule has 1 atom stereocenters. The Morgan fingerprint density at radius 1 is 1.32 bits per heavy atom. The van der Waals surface area contributed by atoms with Crippen LogP contribution in [0.2, 0.25) is 0 Å². The van der Waals surface area contributed by atoms with E-state index >= 15 is 0 Å². The normalized spacial score (nSPS) is 19.5. The van der Waals surface area contributed by atoms with Gasteiger partial charge in [-0.25, -0.2) is 4.39 Å². The molecule has 0 bridgehead atoms. The van der Waals surface area contributed by atoms with Crippen LogP contribution in [0.3, 0.4) is 0 Å². The molecule has 0 radical (unpaired) electrons. The molecule has 2 rings (SSSR count). The second-order valence-electron chi connectivity index (χ2n) is 5.75. The van der Waals surface area contributed by atoms with Crippen LogP contribution in [-0.4, -0.2) is 11.5 Å². The maximum atomic E-state index is 13.5. The molecule has 1 aromatic heterocycles. The number of halogens is 1. The molecule has 1 N–H and O–H groups in total. The first-order valence-electron chi connectivity index (χ1n) is 7.55. The number of rotatable bonds is 6. The number of hydrogen-bond acceptors (Lipinski definition) is 2. The molecule has 1 saturated carbocycles. The lowest BCUT2D eigenvalue weighted by molar-refractivity contribution is 0.186. The van der Waals surface area contributed by atoms with Crippen molar-refractivity contribution < 1.29 is 4.39 Å². The molecular formula is C16H25FN2. The zero-order valence-corrected chi connectivity index (χ0v) is 12.1. The van der Waals surface area contributed by atoms with Gasteiger partial charge in [0.25, 0.3) is 0 Å². The molecule has 0 saturated heterocycles. The minimum absolute atomic E-state index is 0.231. The van der Waals surface area contributed by atoms with E-state index in [0.717, 1.165) is 24.9 Å². The maximum Gasteiger partial charge on any atom is 0.141 e. The molecule has 1 aliphatic rings. The Balaban J connectivity index is 2.29. The van der Waals surface area contributed by atoms with Crippen LogP contribution >= 0.6 is 0 Å². The lowest BCUT2D eigenvalue weighted by atomic mass is 9.73. The molecule has 2 nitrogen and oxygen atoms in total. The third-order valence-corrected chi connectivity index (χ3v) is 4.57. The van der Waals surface area contributed by atoms with Crippen molar-refractivity contribution in [1.29, 1.82) is 0 Å². The summed E-state index contributed by atoms with van der Waals surface area (Å²) in [6, 6.07) is 1.89. The molecule has 0 aromatic carbocycles. The van der Waals surface area contributed by atoms with Gasteiger partial charge in [-0.05, 0) is 49.3 Å². The fraction of sp³-hybridized carbons (Fsp3) is 0.688. The molecule has 1 unspecified atom stereocenters. The third-order valence-electron chi connectivity index (χ3n) is 4.57. The van der Waals surface area contributed by atoms with Crippen LogP contribution < -0.4 is 5.32 Å².